The molecule has 1 saturated heterocycles. The first kappa shape index (κ1) is 16.3. The van der Waals surface area contributed by atoms with Gasteiger partial charge in [-0.2, -0.15) is 0 Å². The molecule has 1 aliphatic heterocycles. The van der Waals surface area contributed by atoms with Crippen LogP contribution in [0.4, 0.5) is 11.4 Å². The van der Waals surface area contributed by atoms with Gasteiger partial charge in [0.05, 0.1) is 17.9 Å². The number of nitrogens with zero attached hydrogens (tertiary/aromatic N) is 3. The zero-order valence-electron chi connectivity index (χ0n) is 14.3. The largest absolute Gasteiger partial charge is 0.372 e. The second-order valence-corrected chi connectivity index (χ2v) is 7.03. The van der Waals surface area contributed by atoms with E-state index in [9.17, 15) is 0 Å². The van der Waals surface area contributed by atoms with E-state index in [1.807, 2.05) is 0 Å². The van der Waals surface area contributed by atoms with Crippen LogP contribution < -0.4 is 9.70 Å². The van der Waals surface area contributed by atoms with Gasteiger partial charge in [0.25, 0.3) is 0 Å². The first-order valence-electron chi connectivity index (χ1n) is 8.27. The zero-order chi connectivity index (χ0) is 16.4. The number of benzene rings is 1. The van der Waals surface area contributed by atoms with Gasteiger partial charge >= 0.3 is 0 Å². The summed E-state index contributed by atoms with van der Waals surface area (Å²) < 4.78 is 8.05. The Hall–Kier alpha value is -1.59. The van der Waals surface area contributed by atoms with Crippen LogP contribution in [-0.4, -0.2) is 29.9 Å². The predicted molar refractivity (Wildman–Crippen MR) is 96.6 cm³/mol. The maximum Gasteiger partial charge on any atom is 0.190 e. The molecule has 0 N–H and O–H groups in total. The molecule has 0 radical (unpaired) electrons. The normalized spacial score (nSPS) is 22.6. The lowest BCUT2D eigenvalue weighted by atomic mass is 10.2. The van der Waals surface area contributed by atoms with Crippen LogP contribution in [-0.2, 0) is 11.3 Å². The molecule has 0 bridgehead atoms. The molecule has 124 valence electrons. The van der Waals surface area contributed by atoms with Crippen LogP contribution >= 0.6 is 11.3 Å². The van der Waals surface area contributed by atoms with Crippen LogP contribution in [0.15, 0.2) is 34.6 Å². The monoisotopic (exact) mass is 331 g/mol. The molecule has 2 atom stereocenters. The smallest absolute Gasteiger partial charge is 0.190 e. The van der Waals surface area contributed by atoms with E-state index in [2.05, 4.69) is 66.8 Å². The third-order valence-corrected chi connectivity index (χ3v) is 5.15. The molecule has 5 heteroatoms. The van der Waals surface area contributed by atoms with Crippen molar-refractivity contribution < 1.29 is 4.74 Å². The number of hydrogen-bond donors (Lipinski definition) is 0. The van der Waals surface area contributed by atoms with Crippen LogP contribution in [0.5, 0.6) is 0 Å². The topological polar surface area (TPSA) is 29.8 Å². The Balaban J connectivity index is 1.82. The van der Waals surface area contributed by atoms with Gasteiger partial charge in [0, 0.05) is 36.4 Å². The first-order valence-corrected chi connectivity index (χ1v) is 9.15. The van der Waals surface area contributed by atoms with E-state index in [0.29, 0.717) is 0 Å². The van der Waals surface area contributed by atoms with Crippen molar-refractivity contribution in [1.82, 2.24) is 4.57 Å². The SMILES string of the molecule is CCn1c(C)csc1=Nc1ccc(N2C[C@H](C)O[C@@H](C)C2)cc1. The number of rotatable bonds is 3. The molecule has 1 fully saturated rings. The molecule has 0 spiro atoms. The zero-order valence-corrected chi connectivity index (χ0v) is 15.1. The summed E-state index contributed by atoms with van der Waals surface area (Å²) >= 11 is 1.70. The highest BCUT2D eigenvalue weighted by Gasteiger charge is 2.22. The van der Waals surface area contributed by atoms with Crippen LogP contribution in [0.3, 0.4) is 0 Å². The summed E-state index contributed by atoms with van der Waals surface area (Å²) in [7, 11) is 0. The molecule has 23 heavy (non-hydrogen) atoms. The van der Waals surface area contributed by atoms with Gasteiger partial charge in [0.1, 0.15) is 0 Å². The van der Waals surface area contributed by atoms with Crippen molar-refractivity contribution in [2.45, 2.75) is 46.4 Å². The van der Waals surface area contributed by atoms with Crippen molar-refractivity contribution in [3.8, 4) is 0 Å². The summed E-state index contributed by atoms with van der Waals surface area (Å²) in [4.78, 5) is 8.24. The number of ether oxygens (including phenoxy) is 1. The second-order valence-electron chi connectivity index (χ2n) is 6.19. The van der Waals surface area contributed by atoms with E-state index < -0.39 is 0 Å². The first-order chi connectivity index (χ1) is 11.1. The van der Waals surface area contributed by atoms with Crippen molar-refractivity contribution in [1.29, 1.82) is 0 Å². The summed E-state index contributed by atoms with van der Waals surface area (Å²) in [5.41, 5.74) is 3.52. The lowest BCUT2D eigenvalue weighted by Gasteiger charge is -2.36. The minimum absolute atomic E-state index is 0.278. The Kier molecular flexibility index (Phi) is 4.87. The Labute approximate surface area is 142 Å². The van der Waals surface area contributed by atoms with Gasteiger partial charge in [-0.05, 0) is 52.0 Å². The van der Waals surface area contributed by atoms with Crippen molar-refractivity contribution in [2.75, 3.05) is 18.0 Å². The molecule has 0 saturated carbocycles. The molecule has 3 rings (SSSR count). The molecule has 0 amide bonds. The van der Waals surface area contributed by atoms with Crippen molar-refractivity contribution >= 4 is 22.7 Å². The van der Waals surface area contributed by atoms with Gasteiger partial charge in [0.2, 0.25) is 0 Å². The quantitative estimate of drug-likeness (QED) is 0.858. The lowest BCUT2D eigenvalue weighted by Crippen LogP contribution is -2.45. The molecule has 1 aliphatic rings. The lowest BCUT2D eigenvalue weighted by molar-refractivity contribution is -0.00521. The molecule has 2 heterocycles. The molecular weight excluding hydrogens is 306 g/mol. The number of morpholine rings is 1. The molecule has 0 unspecified atom stereocenters. The average Bonchev–Trinajstić information content (AvgIpc) is 2.87. The fraction of sp³-hybridized carbons (Fsp3) is 0.500. The summed E-state index contributed by atoms with van der Waals surface area (Å²) in [6, 6.07) is 8.55. The Morgan fingerprint density at radius 3 is 2.43 bits per heavy atom. The van der Waals surface area contributed by atoms with Crippen molar-refractivity contribution in [3.63, 3.8) is 0 Å². The van der Waals surface area contributed by atoms with E-state index >= 15 is 0 Å². The molecule has 4 nitrogen and oxygen atoms in total. The number of hydrogen-bond acceptors (Lipinski definition) is 4. The van der Waals surface area contributed by atoms with E-state index in [-0.39, 0.29) is 12.2 Å². The summed E-state index contributed by atoms with van der Waals surface area (Å²) in [6.07, 6.45) is 0.557. The van der Waals surface area contributed by atoms with Crippen LogP contribution in [0.2, 0.25) is 0 Å². The van der Waals surface area contributed by atoms with Crippen molar-refractivity contribution in [2.24, 2.45) is 4.99 Å². The molecule has 1 aromatic heterocycles. The third-order valence-electron chi connectivity index (χ3n) is 4.17. The number of aryl methyl sites for hydroxylation is 1. The predicted octanol–water partition coefficient (Wildman–Crippen LogP) is 3.72. The van der Waals surface area contributed by atoms with E-state index in [4.69, 9.17) is 9.73 Å². The van der Waals surface area contributed by atoms with Gasteiger partial charge < -0.3 is 14.2 Å². The number of anilines is 1. The van der Waals surface area contributed by atoms with E-state index in [0.717, 1.165) is 30.1 Å². The van der Waals surface area contributed by atoms with Gasteiger partial charge in [-0.3, -0.25) is 0 Å². The highest BCUT2D eigenvalue weighted by Crippen LogP contribution is 2.23. The van der Waals surface area contributed by atoms with Crippen LogP contribution in [0, 0.1) is 6.92 Å². The highest BCUT2D eigenvalue weighted by molar-refractivity contribution is 7.07. The summed E-state index contributed by atoms with van der Waals surface area (Å²) in [5.74, 6) is 0. The van der Waals surface area contributed by atoms with Gasteiger partial charge in [-0.15, -0.1) is 11.3 Å². The van der Waals surface area contributed by atoms with Gasteiger partial charge in [0.15, 0.2) is 4.80 Å². The van der Waals surface area contributed by atoms with E-state index in [1.54, 1.807) is 11.3 Å². The average molecular weight is 331 g/mol. The Bertz CT molecular complexity index is 707. The molecular formula is C18H25N3OS. The van der Waals surface area contributed by atoms with Gasteiger partial charge in [-0.25, -0.2) is 4.99 Å². The fourth-order valence-corrected chi connectivity index (χ4v) is 4.09. The Morgan fingerprint density at radius 2 is 1.83 bits per heavy atom. The third kappa shape index (κ3) is 3.67. The second kappa shape index (κ2) is 6.89. The fourth-order valence-electron chi connectivity index (χ4n) is 3.12. The summed E-state index contributed by atoms with van der Waals surface area (Å²) in [6.45, 7) is 11.4. The minimum Gasteiger partial charge on any atom is -0.372 e. The Morgan fingerprint density at radius 1 is 1.17 bits per heavy atom. The van der Waals surface area contributed by atoms with Gasteiger partial charge in [-0.1, -0.05) is 0 Å². The standard InChI is InChI=1S/C18H25N3OS/c1-5-21-13(2)12-23-18(21)19-16-6-8-17(9-7-16)20-10-14(3)22-15(4)11-20/h6-9,12,14-15H,5,10-11H2,1-4H3/t14-,15-/m0/s1. The van der Waals surface area contributed by atoms with Crippen LogP contribution in [0.25, 0.3) is 0 Å². The molecule has 0 aliphatic carbocycles. The maximum absolute atomic E-state index is 5.81. The number of aromatic nitrogens is 1. The van der Waals surface area contributed by atoms with Crippen molar-refractivity contribution in [3.05, 3.63) is 40.1 Å². The maximum atomic E-state index is 5.81. The van der Waals surface area contributed by atoms with Crippen LogP contribution in [0.1, 0.15) is 26.5 Å². The molecule has 1 aromatic carbocycles. The molecule has 2 aromatic rings. The van der Waals surface area contributed by atoms with E-state index in [1.165, 1.54) is 11.4 Å². The minimum atomic E-state index is 0.278. The number of thiazole rings is 1. The summed E-state index contributed by atoms with van der Waals surface area (Å²) in [5, 5.41) is 2.16. The highest BCUT2D eigenvalue weighted by atomic mass is 32.1.